The Bertz CT molecular complexity index is 387. The van der Waals surface area contributed by atoms with Crippen LogP contribution in [0.5, 0.6) is 0 Å². The van der Waals surface area contributed by atoms with Crippen molar-refractivity contribution in [2.24, 2.45) is 0 Å². The highest BCUT2D eigenvalue weighted by Gasteiger charge is 2.12. The van der Waals surface area contributed by atoms with Crippen molar-refractivity contribution in [3.05, 3.63) is 34.9 Å². The van der Waals surface area contributed by atoms with Gasteiger partial charge in [0.1, 0.15) is 0 Å². The number of fused-ring (bicyclic) bond motifs is 1. The van der Waals surface area contributed by atoms with Gasteiger partial charge in [0, 0.05) is 19.1 Å². The molecule has 19 heavy (non-hydrogen) atoms. The van der Waals surface area contributed by atoms with Crippen molar-refractivity contribution < 1.29 is 0 Å². The molecule has 0 aliphatic carbocycles. The molecule has 0 bridgehead atoms. The highest BCUT2D eigenvalue weighted by Crippen LogP contribution is 2.18. The minimum Gasteiger partial charge on any atom is -0.312 e. The van der Waals surface area contributed by atoms with E-state index in [1.165, 1.54) is 43.2 Å². The van der Waals surface area contributed by atoms with Gasteiger partial charge in [-0.15, -0.1) is 0 Å². The van der Waals surface area contributed by atoms with Gasteiger partial charge < -0.3 is 10.6 Å². The summed E-state index contributed by atoms with van der Waals surface area (Å²) in [6.45, 7) is 7.76. The quantitative estimate of drug-likeness (QED) is 0.734. The standard InChI is InChI=1S/C17H28N2/c1-3-4-5-7-14(2)19-13-16-9-6-8-15-12-18-11-10-17(15)16/h6,8-9,14,18-19H,3-5,7,10-13H2,1-2H3. The van der Waals surface area contributed by atoms with Crippen molar-refractivity contribution >= 4 is 0 Å². The molecule has 1 atom stereocenters. The van der Waals surface area contributed by atoms with E-state index in [9.17, 15) is 0 Å². The first-order valence-corrected chi connectivity index (χ1v) is 7.85. The lowest BCUT2D eigenvalue weighted by atomic mass is 9.95. The zero-order valence-corrected chi connectivity index (χ0v) is 12.5. The SMILES string of the molecule is CCCCCC(C)NCc1cccc2c1CCNC2. The Kier molecular flexibility index (Phi) is 5.87. The number of rotatable bonds is 7. The molecular weight excluding hydrogens is 232 g/mol. The Morgan fingerprint density at radius 2 is 2.21 bits per heavy atom. The third-order valence-electron chi connectivity index (χ3n) is 4.12. The van der Waals surface area contributed by atoms with Crippen LogP contribution in [0.2, 0.25) is 0 Å². The maximum atomic E-state index is 3.69. The van der Waals surface area contributed by atoms with Gasteiger partial charge >= 0.3 is 0 Å². The summed E-state index contributed by atoms with van der Waals surface area (Å²) in [6.07, 6.45) is 6.49. The molecule has 0 radical (unpaired) electrons. The highest BCUT2D eigenvalue weighted by atomic mass is 14.9. The summed E-state index contributed by atoms with van der Waals surface area (Å²) in [5.41, 5.74) is 4.57. The normalized spacial score (nSPS) is 16.1. The predicted octanol–water partition coefficient (Wildman–Crippen LogP) is 3.39. The molecule has 0 aromatic heterocycles. The van der Waals surface area contributed by atoms with Gasteiger partial charge in [-0.05, 0) is 43.0 Å². The second-order valence-corrected chi connectivity index (χ2v) is 5.76. The number of hydrogen-bond acceptors (Lipinski definition) is 2. The van der Waals surface area contributed by atoms with E-state index in [-0.39, 0.29) is 0 Å². The third kappa shape index (κ3) is 4.32. The van der Waals surface area contributed by atoms with Gasteiger partial charge in [0.05, 0.1) is 0 Å². The summed E-state index contributed by atoms with van der Waals surface area (Å²) in [4.78, 5) is 0. The van der Waals surface area contributed by atoms with E-state index in [4.69, 9.17) is 0 Å². The molecule has 1 unspecified atom stereocenters. The Hall–Kier alpha value is -0.860. The fourth-order valence-corrected chi connectivity index (χ4v) is 2.86. The largest absolute Gasteiger partial charge is 0.312 e. The number of unbranched alkanes of at least 4 members (excludes halogenated alkanes) is 2. The number of hydrogen-bond donors (Lipinski definition) is 2. The minimum absolute atomic E-state index is 0.629. The van der Waals surface area contributed by atoms with Crippen molar-refractivity contribution in [1.82, 2.24) is 10.6 Å². The molecule has 2 rings (SSSR count). The van der Waals surface area contributed by atoms with E-state index in [1.54, 1.807) is 5.56 Å². The molecule has 1 aromatic carbocycles. The molecule has 0 spiro atoms. The van der Waals surface area contributed by atoms with Crippen LogP contribution in [0.15, 0.2) is 18.2 Å². The smallest absolute Gasteiger partial charge is 0.0210 e. The molecule has 1 aliphatic heterocycles. The average molecular weight is 260 g/mol. The van der Waals surface area contributed by atoms with Crippen LogP contribution < -0.4 is 10.6 Å². The van der Waals surface area contributed by atoms with Crippen LogP contribution in [0.1, 0.15) is 56.2 Å². The van der Waals surface area contributed by atoms with Crippen LogP contribution in [-0.2, 0) is 19.5 Å². The van der Waals surface area contributed by atoms with E-state index in [1.807, 2.05) is 0 Å². The van der Waals surface area contributed by atoms with Crippen molar-refractivity contribution in [3.8, 4) is 0 Å². The second-order valence-electron chi connectivity index (χ2n) is 5.76. The van der Waals surface area contributed by atoms with Crippen molar-refractivity contribution in [3.63, 3.8) is 0 Å². The van der Waals surface area contributed by atoms with Crippen LogP contribution in [0.4, 0.5) is 0 Å². The monoisotopic (exact) mass is 260 g/mol. The summed E-state index contributed by atoms with van der Waals surface area (Å²) in [7, 11) is 0. The van der Waals surface area contributed by atoms with Gasteiger partial charge in [-0.2, -0.15) is 0 Å². The summed E-state index contributed by atoms with van der Waals surface area (Å²) in [5.74, 6) is 0. The van der Waals surface area contributed by atoms with Crippen LogP contribution in [-0.4, -0.2) is 12.6 Å². The first-order valence-electron chi connectivity index (χ1n) is 7.85. The molecule has 0 amide bonds. The van der Waals surface area contributed by atoms with Crippen LogP contribution >= 0.6 is 0 Å². The Balaban J connectivity index is 1.85. The molecule has 1 aliphatic rings. The van der Waals surface area contributed by atoms with Crippen LogP contribution in [0, 0.1) is 0 Å². The predicted molar refractivity (Wildman–Crippen MR) is 82.3 cm³/mol. The van der Waals surface area contributed by atoms with Gasteiger partial charge in [-0.3, -0.25) is 0 Å². The van der Waals surface area contributed by atoms with Crippen LogP contribution in [0.25, 0.3) is 0 Å². The molecule has 2 N–H and O–H groups in total. The molecule has 1 aromatic rings. The molecule has 1 heterocycles. The molecule has 0 fully saturated rings. The van der Waals surface area contributed by atoms with Crippen molar-refractivity contribution in [2.45, 2.75) is 65.1 Å². The van der Waals surface area contributed by atoms with Crippen molar-refractivity contribution in [2.75, 3.05) is 6.54 Å². The number of nitrogens with one attached hydrogen (secondary N) is 2. The fraction of sp³-hybridized carbons (Fsp3) is 0.647. The zero-order valence-electron chi connectivity index (χ0n) is 12.5. The van der Waals surface area contributed by atoms with E-state index < -0.39 is 0 Å². The van der Waals surface area contributed by atoms with Gasteiger partial charge in [0.25, 0.3) is 0 Å². The van der Waals surface area contributed by atoms with Gasteiger partial charge in [0.2, 0.25) is 0 Å². The Morgan fingerprint density at radius 3 is 3.05 bits per heavy atom. The van der Waals surface area contributed by atoms with E-state index in [2.05, 4.69) is 42.7 Å². The molecular formula is C17H28N2. The maximum Gasteiger partial charge on any atom is 0.0210 e. The summed E-state index contributed by atoms with van der Waals surface area (Å²) in [6, 6.07) is 7.38. The lowest BCUT2D eigenvalue weighted by molar-refractivity contribution is 0.485. The Morgan fingerprint density at radius 1 is 1.32 bits per heavy atom. The Labute approximate surface area is 118 Å². The summed E-state index contributed by atoms with van der Waals surface area (Å²) < 4.78 is 0. The molecule has 2 nitrogen and oxygen atoms in total. The first kappa shape index (κ1) is 14.5. The topological polar surface area (TPSA) is 24.1 Å². The van der Waals surface area contributed by atoms with Crippen molar-refractivity contribution in [1.29, 1.82) is 0 Å². The maximum absolute atomic E-state index is 3.69. The fourth-order valence-electron chi connectivity index (χ4n) is 2.86. The highest BCUT2D eigenvalue weighted by molar-refractivity contribution is 5.36. The lowest BCUT2D eigenvalue weighted by Gasteiger charge is -2.22. The third-order valence-corrected chi connectivity index (χ3v) is 4.12. The first-order chi connectivity index (χ1) is 9.31. The second kappa shape index (κ2) is 7.66. The molecule has 0 saturated carbocycles. The lowest BCUT2D eigenvalue weighted by Crippen LogP contribution is -2.28. The van der Waals surface area contributed by atoms with E-state index >= 15 is 0 Å². The van der Waals surface area contributed by atoms with E-state index in [0.29, 0.717) is 6.04 Å². The molecule has 2 heteroatoms. The molecule has 0 saturated heterocycles. The molecule has 106 valence electrons. The van der Waals surface area contributed by atoms with Gasteiger partial charge in [-0.1, -0.05) is 44.4 Å². The van der Waals surface area contributed by atoms with Gasteiger partial charge in [-0.25, -0.2) is 0 Å². The average Bonchev–Trinajstić information content (AvgIpc) is 2.45. The zero-order chi connectivity index (χ0) is 13.5. The number of benzene rings is 1. The summed E-state index contributed by atoms with van der Waals surface area (Å²) >= 11 is 0. The van der Waals surface area contributed by atoms with Crippen LogP contribution in [0.3, 0.4) is 0 Å². The van der Waals surface area contributed by atoms with E-state index in [0.717, 1.165) is 19.6 Å². The summed E-state index contributed by atoms with van der Waals surface area (Å²) in [5, 5.41) is 7.13. The minimum atomic E-state index is 0.629. The van der Waals surface area contributed by atoms with Gasteiger partial charge in [0.15, 0.2) is 0 Å².